The van der Waals surface area contributed by atoms with Crippen molar-refractivity contribution in [3.63, 3.8) is 0 Å². The van der Waals surface area contributed by atoms with Crippen molar-refractivity contribution in [2.24, 2.45) is 11.3 Å². The standard InChI is InChI=1S/C17H25N3O/c1-3-12-10-14(19-11(2)18-12)20-15-13-6-9-21-16(13)17(15)7-4-5-8-17/h10,13,15-16H,3-9H2,1-2H3,(H,18,19,20). The molecule has 1 spiro atoms. The number of hydrogen-bond acceptors (Lipinski definition) is 4. The number of aromatic nitrogens is 2. The Labute approximate surface area is 126 Å². The van der Waals surface area contributed by atoms with Crippen LogP contribution < -0.4 is 5.32 Å². The van der Waals surface area contributed by atoms with Gasteiger partial charge in [-0.2, -0.15) is 0 Å². The molecule has 21 heavy (non-hydrogen) atoms. The predicted octanol–water partition coefficient (Wildman–Crippen LogP) is 3.11. The lowest BCUT2D eigenvalue weighted by molar-refractivity contribution is -0.111. The Kier molecular flexibility index (Phi) is 3.18. The topological polar surface area (TPSA) is 47.0 Å². The summed E-state index contributed by atoms with van der Waals surface area (Å²) in [4.78, 5) is 9.09. The lowest BCUT2D eigenvalue weighted by atomic mass is 9.54. The predicted molar refractivity (Wildman–Crippen MR) is 82.3 cm³/mol. The summed E-state index contributed by atoms with van der Waals surface area (Å²) < 4.78 is 6.05. The molecule has 1 aromatic heterocycles. The van der Waals surface area contributed by atoms with E-state index in [1.54, 1.807) is 0 Å². The van der Waals surface area contributed by atoms with Gasteiger partial charge < -0.3 is 10.1 Å². The van der Waals surface area contributed by atoms with Crippen LogP contribution in [0.3, 0.4) is 0 Å². The van der Waals surface area contributed by atoms with Crippen LogP contribution in [0, 0.1) is 18.3 Å². The molecule has 3 unspecified atom stereocenters. The zero-order valence-electron chi connectivity index (χ0n) is 13.1. The highest BCUT2D eigenvalue weighted by Crippen LogP contribution is 2.61. The highest BCUT2D eigenvalue weighted by molar-refractivity contribution is 5.41. The number of fused-ring (bicyclic) bond motifs is 2. The molecule has 0 radical (unpaired) electrons. The Morgan fingerprint density at radius 1 is 1.33 bits per heavy atom. The number of rotatable bonds is 3. The molecule has 3 atom stereocenters. The lowest BCUT2D eigenvalue weighted by Crippen LogP contribution is -2.64. The summed E-state index contributed by atoms with van der Waals surface area (Å²) in [6, 6.07) is 2.67. The van der Waals surface area contributed by atoms with Gasteiger partial charge in [0, 0.05) is 35.7 Å². The van der Waals surface area contributed by atoms with Crippen LogP contribution in [-0.2, 0) is 11.2 Å². The van der Waals surface area contributed by atoms with Crippen molar-refractivity contribution in [2.45, 2.75) is 64.5 Å². The number of aryl methyl sites for hydroxylation is 2. The largest absolute Gasteiger partial charge is 0.377 e. The molecule has 4 rings (SSSR count). The van der Waals surface area contributed by atoms with Gasteiger partial charge in [-0.15, -0.1) is 0 Å². The van der Waals surface area contributed by atoms with Crippen molar-refractivity contribution in [3.8, 4) is 0 Å². The molecule has 0 aromatic carbocycles. The summed E-state index contributed by atoms with van der Waals surface area (Å²) in [5.74, 6) is 2.57. The molecule has 4 nitrogen and oxygen atoms in total. The molecule has 2 aliphatic carbocycles. The number of hydrogen-bond donors (Lipinski definition) is 1. The van der Waals surface area contributed by atoms with Crippen LogP contribution in [0.2, 0.25) is 0 Å². The van der Waals surface area contributed by atoms with Crippen molar-refractivity contribution < 1.29 is 4.74 Å². The van der Waals surface area contributed by atoms with Crippen LogP contribution in [0.25, 0.3) is 0 Å². The number of anilines is 1. The van der Waals surface area contributed by atoms with E-state index in [0.29, 0.717) is 23.5 Å². The van der Waals surface area contributed by atoms with Gasteiger partial charge in [-0.05, 0) is 32.6 Å². The number of nitrogens with zero attached hydrogens (tertiary/aromatic N) is 2. The average Bonchev–Trinajstić information content (AvgIpc) is 3.12. The Morgan fingerprint density at radius 3 is 2.90 bits per heavy atom. The summed E-state index contributed by atoms with van der Waals surface area (Å²) in [5.41, 5.74) is 1.51. The molecule has 2 saturated carbocycles. The van der Waals surface area contributed by atoms with E-state index in [1.165, 1.54) is 32.1 Å². The van der Waals surface area contributed by atoms with Crippen molar-refractivity contribution >= 4 is 5.82 Å². The van der Waals surface area contributed by atoms with Gasteiger partial charge in [0.15, 0.2) is 0 Å². The maximum atomic E-state index is 6.05. The molecule has 0 bridgehead atoms. The van der Waals surface area contributed by atoms with Crippen molar-refractivity contribution in [1.82, 2.24) is 9.97 Å². The van der Waals surface area contributed by atoms with Crippen LogP contribution in [0.15, 0.2) is 6.07 Å². The third kappa shape index (κ3) is 1.99. The van der Waals surface area contributed by atoms with Crippen LogP contribution >= 0.6 is 0 Å². The summed E-state index contributed by atoms with van der Waals surface area (Å²) in [5, 5.41) is 3.77. The van der Waals surface area contributed by atoms with Crippen LogP contribution in [-0.4, -0.2) is 28.7 Å². The summed E-state index contributed by atoms with van der Waals surface area (Å²) >= 11 is 0. The van der Waals surface area contributed by atoms with Crippen LogP contribution in [0.1, 0.15) is 50.5 Å². The molecule has 2 heterocycles. The first-order valence-electron chi connectivity index (χ1n) is 8.45. The molecular formula is C17H25N3O. The van der Waals surface area contributed by atoms with Crippen molar-refractivity contribution in [3.05, 3.63) is 17.6 Å². The fraction of sp³-hybridized carbons (Fsp3) is 0.765. The highest BCUT2D eigenvalue weighted by Gasteiger charge is 2.64. The van der Waals surface area contributed by atoms with E-state index in [0.717, 1.165) is 30.4 Å². The van der Waals surface area contributed by atoms with Gasteiger partial charge >= 0.3 is 0 Å². The fourth-order valence-electron chi connectivity index (χ4n) is 4.95. The second kappa shape index (κ2) is 4.94. The Hall–Kier alpha value is -1.16. The Bertz CT molecular complexity index is 539. The van der Waals surface area contributed by atoms with Crippen LogP contribution in [0.5, 0.6) is 0 Å². The van der Waals surface area contributed by atoms with Gasteiger partial charge in [-0.3, -0.25) is 0 Å². The first-order chi connectivity index (χ1) is 10.2. The van der Waals surface area contributed by atoms with E-state index < -0.39 is 0 Å². The molecule has 1 N–H and O–H groups in total. The maximum absolute atomic E-state index is 6.05. The highest BCUT2D eigenvalue weighted by atomic mass is 16.5. The first-order valence-corrected chi connectivity index (χ1v) is 8.45. The van der Waals surface area contributed by atoms with Crippen molar-refractivity contribution in [2.75, 3.05) is 11.9 Å². The summed E-state index contributed by atoms with van der Waals surface area (Å²) in [6.07, 6.45) is 8.01. The zero-order chi connectivity index (χ0) is 14.4. The third-order valence-corrected chi connectivity index (χ3v) is 5.84. The Morgan fingerprint density at radius 2 is 2.14 bits per heavy atom. The van der Waals surface area contributed by atoms with E-state index in [-0.39, 0.29) is 0 Å². The molecular weight excluding hydrogens is 262 g/mol. The molecule has 3 aliphatic rings. The molecule has 1 aromatic rings. The van der Waals surface area contributed by atoms with Gasteiger partial charge in [0.2, 0.25) is 0 Å². The molecule has 0 amide bonds. The fourth-order valence-corrected chi connectivity index (χ4v) is 4.95. The lowest BCUT2D eigenvalue weighted by Gasteiger charge is -2.57. The maximum Gasteiger partial charge on any atom is 0.130 e. The van der Waals surface area contributed by atoms with Gasteiger partial charge in [0.05, 0.1) is 6.10 Å². The molecule has 1 aliphatic heterocycles. The van der Waals surface area contributed by atoms with E-state index in [2.05, 4.69) is 28.3 Å². The first kappa shape index (κ1) is 13.5. The van der Waals surface area contributed by atoms with E-state index in [4.69, 9.17) is 4.74 Å². The number of ether oxygens (including phenoxy) is 1. The van der Waals surface area contributed by atoms with Crippen molar-refractivity contribution in [1.29, 1.82) is 0 Å². The van der Waals surface area contributed by atoms with E-state index >= 15 is 0 Å². The van der Waals surface area contributed by atoms with Gasteiger partial charge in [0.25, 0.3) is 0 Å². The zero-order valence-corrected chi connectivity index (χ0v) is 13.1. The number of nitrogens with one attached hydrogen (secondary N) is 1. The van der Waals surface area contributed by atoms with Gasteiger partial charge in [-0.1, -0.05) is 19.8 Å². The quantitative estimate of drug-likeness (QED) is 0.928. The SMILES string of the molecule is CCc1cc(NC2C3CCOC3C23CCCC3)nc(C)n1. The molecule has 4 heteroatoms. The average molecular weight is 287 g/mol. The monoisotopic (exact) mass is 287 g/mol. The van der Waals surface area contributed by atoms with Crippen LogP contribution in [0.4, 0.5) is 5.82 Å². The molecule has 1 saturated heterocycles. The molecule has 3 fully saturated rings. The second-order valence-corrected chi connectivity index (χ2v) is 6.95. The minimum Gasteiger partial charge on any atom is -0.377 e. The normalized spacial score (nSPS) is 33.0. The molecule has 114 valence electrons. The van der Waals surface area contributed by atoms with E-state index in [1.807, 2.05) is 6.92 Å². The van der Waals surface area contributed by atoms with Gasteiger partial charge in [0.1, 0.15) is 11.6 Å². The minimum absolute atomic E-state index is 0.381. The third-order valence-electron chi connectivity index (χ3n) is 5.84. The summed E-state index contributed by atoms with van der Waals surface area (Å²) in [7, 11) is 0. The summed E-state index contributed by atoms with van der Waals surface area (Å²) in [6.45, 7) is 5.07. The van der Waals surface area contributed by atoms with E-state index in [9.17, 15) is 0 Å². The Balaban J connectivity index is 1.59. The van der Waals surface area contributed by atoms with Gasteiger partial charge in [-0.25, -0.2) is 9.97 Å². The smallest absolute Gasteiger partial charge is 0.130 e. The minimum atomic E-state index is 0.381. The second-order valence-electron chi connectivity index (χ2n) is 6.95.